The summed E-state index contributed by atoms with van der Waals surface area (Å²) in [6.07, 6.45) is 5.53. The van der Waals surface area contributed by atoms with Crippen molar-refractivity contribution in [1.29, 1.82) is 0 Å². The van der Waals surface area contributed by atoms with Crippen molar-refractivity contribution in [3.8, 4) is 0 Å². The van der Waals surface area contributed by atoms with E-state index in [9.17, 15) is 0 Å². The molecule has 2 rings (SSSR count). The number of nitrogens with one attached hydrogen (secondary N) is 1. The van der Waals surface area contributed by atoms with Gasteiger partial charge >= 0.3 is 0 Å². The Morgan fingerprint density at radius 2 is 2.00 bits per heavy atom. The van der Waals surface area contributed by atoms with Crippen molar-refractivity contribution >= 4 is 10.9 Å². The smallest absolute Gasteiger partial charge is 0.0705 e. The average Bonchev–Trinajstić information content (AvgIpc) is 2.42. The number of benzene rings is 1. The lowest BCUT2D eigenvalue weighted by Crippen LogP contribution is -2.28. The maximum Gasteiger partial charge on any atom is 0.0705 e. The minimum absolute atomic E-state index is 0.424. The van der Waals surface area contributed by atoms with Crippen LogP contribution >= 0.6 is 0 Å². The molecule has 0 aliphatic carbocycles. The molecule has 0 aliphatic rings. The normalized spacial score (nSPS) is 13.1. The van der Waals surface area contributed by atoms with Crippen LogP contribution in [0.3, 0.4) is 0 Å². The summed E-state index contributed by atoms with van der Waals surface area (Å²) in [6.45, 7) is 6.67. The molecule has 0 spiro atoms. The molecule has 1 heterocycles. The van der Waals surface area contributed by atoms with Gasteiger partial charge in [-0.2, -0.15) is 0 Å². The zero-order chi connectivity index (χ0) is 13.7. The Morgan fingerprint density at radius 1 is 1.16 bits per heavy atom. The first-order valence-corrected chi connectivity index (χ1v) is 7.32. The molecule has 1 N–H and O–H groups in total. The predicted molar refractivity (Wildman–Crippen MR) is 82.3 cm³/mol. The van der Waals surface area contributed by atoms with E-state index in [1.165, 1.54) is 30.2 Å². The fourth-order valence-electron chi connectivity index (χ4n) is 2.57. The van der Waals surface area contributed by atoms with Gasteiger partial charge in [-0.25, -0.2) is 0 Å². The van der Waals surface area contributed by atoms with Gasteiger partial charge in [-0.05, 0) is 24.1 Å². The molecule has 2 nitrogen and oxygen atoms in total. The predicted octanol–water partition coefficient (Wildman–Crippen LogP) is 4.46. The van der Waals surface area contributed by atoms with E-state index in [4.69, 9.17) is 0 Å². The first-order chi connectivity index (χ1) is 9.22. The van der Waals surface area contributed by atoms with Gasteiger partial charge in [0.2, 0.25) is 0 Å². The van der Waals surface area contributed by atoms with E-state index in [-0.39, 0.29) is 0 Å². The second-order valence-electron chi connectivity index (χ2n) is 5.43. The minimum Gasteiger partial charge on any atom is -0.308 e. The van der Waals surface area contributed by atoms with Crippen molar-refractivity contribution in [3.63, 3.8) is 0 Å². The Labute approximate surface area is 116 Å². The lowest BCUT2D eigenvalue weighted by atomic mass is 9.96. The summed E-state index contributed by atoms with van der Waals surface area (Å²) in [6, 6.07) is 11.6. The van der Waals surface area contributed by atoms with Crippen molar-refractivity contribution in [2.24, 2.45) is 0 Å². The molecule has 0 saturated heterocycles. The van der Waals surface area contributed by atoms with Crippen LogP contribution in [0.1, 0.15) is 51.6 Å². The lowest BCUT2D eigenvalue weighted by molar-refractivity contribution is 0.442. The zero-order valence-electron chi connectivity index (χ0n) is 12.2. The summed E-state index contributed by atoms with van der Waals surface area (Å²) in [5.74, 6) is 0. The quantitative estimate of drug-likeness (QED) is 0.825. The van der Waals surface area contributed by atoms with Crippen molar-refractivity contribution in [2.75, 3.05) is 0 Å². The first-order valence-electron chi connectivity index (χ1n) is 7.32. The van der Waals surface area contributed by atoms with E-state index in [2.05, 4.69) is 55.3 Å². The summed E-state index contributed by atoms with van der Waals surface area (Å²) in [5, 5.41) is 4.97. The van der Waals surface area contributed by atoms with Crippen LogP contribution in [0.4, 0.5) is 0 Å². The van der Waals surface area contributed by atoms with Gasteiger partial charge in [-0.15, -0.1) is 0 Å². The summed E-state index contributed by atoms with van der Waals surface area (Å²) < 4.78 is 0. The maximum atomic E-state index is 4.46. The summed E-state index contributed by atoms with van der Waals surface area (Å²) in [4.78, 5) is 4.46. The van der Waals surface area contributed by atoms with Gasteiger partial charge in [0, 0.05) is 23.7 Å². The van der Waals surface area contributed by atoms with Crippen LogP contribution in [0, 0.1) is 0 Å². The standard InChI is InChI=1S/C17H24N2/c1-4-5-10-17(19-13(2)3)15-8-6-11-16-14(15)9-7-12-18-16/h6-9,11-13,17,19H,4-5,10H2,1-3H3. The molecular formula is C17H24N2. The zero-order valence-corrected chi connectivity index (χ0v) is 12.2. The lowest BCUT2D eigenvalue weighted by Gasteiger charge is -2.23. The Balaban J connectivity index is 2.37. The second kappa shape index (κ2) is 6.67. The number of fused-ring (bicyclic) bond motifs is 1. The molecule has 102 valence electrons. The number of pyridine rings is 1. The van der Waals surface area contributed by atoms with Gasteiger partial charge in [-0.3, -0.25) is 4.98 Å². The van der Waals surface area contributed by atoms with Crippen LogP contribution in [-0.4, -0.2) is 11.0 Å². The SMILES string of the molecule is CCCCC(NC(C)C)c1cccc2ncccc12. The number of rotatable bonds is 6. The minimum atomic E-state index is 0.424. The largest absolute Gasteiger partial charge is 0.308 e. The summed E-state index contributed by atoms with van der Waals surface area (Å²) in [5.41, 5.74) is 2.47. The van der Waals surface area contributed by atoms with Gasteiger partial charge < -0.3 is 5.32 Å². The van der Waals surface area contributed by atoms with Crippen LogP contribution < -0.4 is 5.32 Å². The average molecular weight is 256 g/mol. The monoisotopic (exact) mass is 256 g/mol. The fraction of sp³-hybridized carbons (Fsp3) is 0.471. The highest BCUT2D eigenvalue weighted by Crippen LogP contribution is 2.27. The van der Waals surface area contributed by atoms with Crippen LogP contribution in [-0.2, 0) is 0 Å². The van der Waals surface area contributed by atoms with Crippen LogP contribution in [0.2, 0.25) is 0 Å². The summed E-state index contributed by atoms with van der Waals surface area (Å²) in [7, 11) is 0. The van der Waals surface area contributed by atoms with Crippen molar-refractivity contribution < 1.29 is 0 Å². The van der Waals surface area contributed by atoms with E-state index >= 15 is 0 Å². The Kier molecular flexibility index (Phi) is 4.92. The highest BCUT2D eigenvalue weighted by molar-refractivity contribution is 5.82. The fourth-order valence-corrected chi connectivity index (χ4v) is 2.57. The molecule has 0 saturated carbocycles. The van der Waals surface area contributed by atoms with E-state index in [1.54, 1.807) is 0 Å². The molecule has 2 heteroatoms. The Hall–Kier alpha value is -1.41. The van der Waals surface area contributed by atoms with Crippen LogP contribution in [0.15, 0.2) is 36.5 Å². The molecule has 1 unspecified atom stereocenters. The number of unbranched alkanes of at least 4 members (excludes halogenated alkanes) is 1. The van der Waals surface area contributed by atoms with Gasteiger partial charge in [0.15, 0.2) is 0 Å². The number of aromatic nitrogens is 1. The van der Waals surface area contributed by atoms with E-state index in [1.807, 2.05) is 12.3 Å². The van der Waals surface area contributed by atoms with Crippen molar-refractivity contribution in [3.05, 3.63) is 42.1 Å². The van der Waals surface area contributed by atoms with E-state index in [0.717, 1.165) is 5.52 Å². The maximum absolute atomic E-state index is 4.46. The number of hydrogen-bond acceptors (Lipinski definition) is 2. The molecule has 1 atom stereocenters. The molecule has 0 amide bonds. The molecule has 0 radical (unpaired) electrons. The Morgan fingerprint density at radius 3 is 2.74 bits per heavy atom. The molecule has 0 fully saturated rings. The van der Waals surface area contributed by atoms with E-state index < -0.39 is 0 Å². The molecule has 0 bridgehead atoms. The van der Waals surface area contributed by atoms with Gasteiger partial charge in [0.25, 0.3) is 0 Å². The van der Waals surface area contributed by atoms with Crippen molar-refractivity contribution in [2.45, 2.75) is 52.1 Å². The molecular weight excluding hydrogens is 232 g/mol. The topological polar surface area (TPSA) is 24.9 Å². The molecule has 1 aromatic carbocycles. The second-order valence-corrected chi connectivity index (χ2v) is 5.43. The Bertz CT molecular complexity index is 514. The molecule has 0 aliphatic heterocycles. The van der Waals surface area contributed by atoms with Gasteiger partial charge in [-0.1, -0.05) is 51.8 Å². The number of nitrogens with zero attached hydrogens (tertiary/aromatic N) is 1. The molecule has 1 aromatic heterocycles. The third kappa shape index (κ3) is 3.54. The molecule has 19 heavy (non-hydrogen) atoms. The highest BCUT2D eigenvalue weighted by atomic mass is 14.9. The third-order valence-electron chi connectivity index (χ3n) is 3.44. The van der Waals surface area contributed by atoms with Crippen molar-refractivity contribution in [1.82, 2.24) is 10.3 Å². The van der Waals surface area contributed by atoms with E-state index in [0.29, 0.717) is 12.1 Å². The number of hydrogen-bond donors (Lipinski definition) is 1. The summed E-state index contributed by atoms with van der Waals surface area (Å²) >= 11 is 0. The highest BCUT2D eigenvalue weighted by Gasteiger charge is 2.14. The van der Waals surface area contributed by atoms with Gasteiger partial charge in [0.05, 0.1) is 5.52 Å². The van der Waals surface area contributed by atoms with Gasteiger partial charge in [0.1, 0.15) is 0 Å². The van der Waals surface area contributed by atoms with Crippen LogP contribution in [0.5, 0.6) is 0 Å². The first kappa shape index (κ1) is 14.0. The third-order valence-corrected chi connectivity index (χ3v) is 3.44. The molecule has 2 aromatic rings. The van der Waals surface area contributed by atoms with Crippen LogP contribution in [0.25, 0.3) is 10.9 Å².